The Bertz CT molecular complexity index is 506. The molecule has 0 aromatic heterocycles. The summed E-state index contributed by atoms with van der Waals surface area (Å²) in [7, 11) is -2.41. The van der Waals surface area contributed by atoms with Gasteiger partial charge in [-0.15, -0.1) is 0 Å². The van der Waals surface area contributed by atoms with Gasteiger partial charge in [0.1, 0.15) is 0 Å². The Hall–Kier alpha value is -1.20. The molecular weight excluding hydrogens is 285 g/mol. The molecule has 1 saturated carbocycles. The molecule has 1 fully saturated rings. The Balaban J connectivity index is 2.03. The largest absolute Gasteiger partial charge is 0.521 e. The Morgan fingerprint density at radius 1 is 1.09 bits per heavy atom. The molecule has 0 spiro atoms. The van der Waals surface area contributed by atoms with Gasteiger partial charge in [-0.1, -0.05) is 44.0 Å². The molecule has 1 aliphatic carbocycles. The van der Waals surface area contributed by atoms with E-state index in [2.05, 4.69) is 6.92 Å². The molecule has 5 heteroatoms. The van der Waals surface area contributed by atoms with Crippen LogP contribution in [0.4, 0.5) is 8.78 Å². The number of hydrogen-bond donors (Lipinski definition) is 2. The van der Waals surface area contributed by atoms with E-state index in [4.69, 9.17) is 10.0 Å². The highest BCUT2D eigenvalue weighted by Crippen LogP contribution is 2.37. The van der Waals surface area contributed by atoms with Crippen LogP contribution in [0.1, 0.15) is 62.5 Å². The minimum absolute atomic E-state index is 0.0361. The Morgan fingerprint density at radius 3 is 2.18 bits per heavy atom. The van der Waals surface area contributed by atoms with Gasteiger partial charge in [0.15, 0.2) is 11.6 Å². The van der Waals surface area contributed by atoms with Gasteiger partial charge in [-0.3, -0.25) is 0 Å². The van der Waals surface area contributed by atoms with Crippen molar-refractivity contribution in [3.05, 3.63) is 41.1 Å². The highest BCUT2D eigenvalue weighted by Gasteiger charge is 2.23. The fourth-order valence-electron chi connectivity index (χ4n) is 3.35. The molecule has 0 bridgehead atoms. The van der Waals surface area contributed by atoms with Gasteiger partial charge < -0.3 is 10.0 Å². The molecule has 120 valence electrons. The molecule has 2 rings (SSSR count). The lowest BCUT2D eigenvalue weighted by Crippen LogP contribution is -2.13. The molecular formula is C17H23BF2O2. The maximum atomic E-state index is 13.7. The van der Waals surface area contributed by atoms with Crippen LogP contribution in [0.25, 0.3) is 5.83 Å². The maximum Gasteiger partial charge on any atom is 0.521 e. The van der Waals surface area contributed by atoms with E-state index in [0.29, 0.717) is 5.92 Å². The first-order valence-corrected chi connectivity index (χ1v) is 8.04. The van der Waals surface area contributed by atoms with Gasteiger partial charge >= 0.3 is 7.12 Å². The molecule has 1 aliphatic rings. The fraction of sp³-hybridized carbons (Fsp3) is 0.529. The van der Waals surface area contributed by atoms with Crippen molar-refractivity contribution in [1.29, 1.82) is 0 Å². The SMILES string of the molecule is CCCC1CCC(c2ccc(/C(F)=C(\F)B(O)O)cc2)CC1. The molecule has 1 aromatic rings. The smallest absolute Gasteiger partial charge is 0.422 e. The molecule has 0 unspecified atom stereocenters. The number of benzene rings is 1. The third kappa shape index (κ3) is 4.17. The van der Waals surface area contributed by atoms with Crippen LogP contribution in [-0.4, -0.2) is 17.2 Å². The molecule has 2 N–H and O–H groups in total. The predicted molar refractivity (Wildman–Crippen MR) is 85.4 cm³/mol. The highest BCUT2D eigenvalue weighted by molar-refractivity contribution is 6.51. The van der Waals surface area contributed by atoms with E-state index in [1.54, 1.807) is 0 Å². The normalized spacial score (nSPS) is 23.1. The standard InChI is InChI=1S/C17H23BF2O2/c1-2-3-12-4-6-13(7-5-12)14-8-10-15(11-9-14)16(19)17(20)18(21)22/h8-13,21-22H,2-7H2,1H3/b17-16+. The topological polar surface area (TPSA) is 40.5 Å². The van der Waals surface area contributed by atoms with Gasteiger partial charge in [-0.05, 0) is 43.1 Å². The highest BCUT2D eigenvalue weighted by atomic mass is 19.2. The molecule has 0 atom stereocenters. The van der Waals surface area contributed by atoms with Crippen molar-refractivity contribution in [3.63, 3.8) is 0 Å². The van der Waals surface area contributed by atoms with Crippen LogP contribution in [0.5, 0.6) is 0 Å². The molecule has 2 nitrogen and oxygen atoms in total. The van der Waals surface area contributed by atoms with Crippen LogP contribution < -0.4 is 0 Å². The van der Waals surface area contributed by atoms with Crippen molar-refractivity contribution in [3.8, 4) is 0 Å². The third-order valence-electron chi connectivity index (χ3n) is 4.62. The average Bonchev–Trinajstić information content (AvgIpc) is 2.54. The first kappa shape index (κ1) is 17.2. The van der Waals surface area contributed by atoms with E-state index in [1.165, 1.54) is 37.8 Å². The molecule has 1 aromatic carbocycles. The van der Waals surface area contributed by atoms with Crippen LogP contribution in [0.15, 0.2) is 30.0 Å². The lowest BCUT2D eigenvalue weighted by molar-refractivity contribution is 0.308. The van der Waals surface area contributed by atoms with Crippen LogP contribution in [0.3, 0.4) is 0 Å². The number of rotatable bonds is 5. The molecule has 0 radical (unpaired) electrons. The quantitative estimate of drug-likeness (QED) is 0.793. The van der Waals surface area contributed by atoms with Crippen molar-refractivity contribution in [2.45, 2.75) is 51.4 Å². The average molecular weight is 308 g/mol. The monoisotopic (exact) mass is 308 g/mol. The van der Waals surface area contributed by atoms with Crippen molar-refractivity contribution >= 4 is 12.9 Å². The second-order valence-corrected chi connectivity index (χ2v) is 6.16. The first-order chi connectivity index (χ1) is 10.5. The minimum atomic E-state index is -2.41. The van der Waals surface area contributed by atoms with Crippen LogP contribution in [0, 0.1) is 5.92 Å². The van der Waals surface area contributed by atoms with E-state index in [9.17, 15) is 8.78 Å². The summed E-state index contributed by atoms with van der Waals surface area (Å²) in [6, 6.07) is 6.64. The summed E-state index contributed by atoms with van der Waals surface area (Å²) >= 11 is 0. The lowest BCUT2D eigenvalue weighted by Gasteiger charge is -2.28. The van der Waals surface area contributed by atoms with Gasteiger partial charge in [0, 0.05) is 5.56 Å². The Labute approximate surface area is 131 Å². The first-order valence-electron chi connectivity index (χ1n) is 8.04. The minimum Gasteiger partial charge on any atom is -0.422 e. The zero-order chi connectivity index (χ0) is 16.1. The summed E-state index contributed by atoms with van der Waals surface area (Å²) in [5.41, 5.74) is -0.363. The van der Waals surface area contributed by atoms with Gasteiger partial charge in [0.2, 0.25) is 0 Å². The van der Waals surface area contributed by atoms with Crippen molar-refractivity contribution < 1.29 is 18.8 Å². The van der Waals surface area contributed by atoms with Crippen molar-refractivity contribution in [2.24, 2.45) is 5.92 Å². The maximum absolute atomic E-state index is 13.7. The van der Waals surface area contributed by atoms with E-state index in [-0.39, 0.29) is 5.56 Å². The van der Waals surface area contributed by atoms with Gasteiger partial charge in [0.05, 0.1) is 0 Å². The fourth-order valence-corrected chi connectivity index (χ4v) is 3.35. The summed E-state index contributed by atoms with van der Waals surface area (Å²) in [5, 5.41) is 17.3. The van der Waals surface area contributed by atoms with Crippen LogP contribution >= 0.6 is 0 Å². The van der Waals surface area contributed by atoms with Gasteiger partial charge in [-0.25, -0.2) is 8.78 Å². The Kier molecular flexibility index (Phi) is 6.15. The van der Waals surface area contributed by atoms with Crippen molar-refractivity contribution in [1.82, 2.24) is 0 Å². The lowest BCUT2D eigenvalue weighted by atomic mass is 9.77. The summed E-state index contributed by atoms with van der Waals surface area (Å²) in [6.07, 6.45) is 7.29. The second kappa shape index (κ2) is 7.88. The number of halogens is 2. The predicted octanol–water partition coefficient (Wildman–Crippen LogP) is 4.38. The van der Waals surface area contributed by atoms with Crippen molar-refractivity contribution in [2.75, 3.05) is 0 Å². The molecule has 0 saturated heterocycles. The van der Waals surface area contributed by atoms with Gasteiger partial charge in [-0.2, -0.15) is 0 Å². The second-order valence-electron chi connectivity index (χ2n) is 6.16. The summed E-state index contributed by atoms with van der Waals surface area (Å²) in [5.74, 6) is 0.108. The molecule has 0 amide bonds. The summed E-state index contributed by atoms with van der Waals surface area (Å²) in [6.45, 7) is 2.22. The zero-order valence-electron chi connectivity index (χ0n) is 12.9. The van der Waals surface area contributed by atoms with E-state index in [1.807, 2.05) is 12.1 Å². The summed E-state index contributed by atoms with van der Waals surface area (Å²) < 4.78 is 26.9. The number of hydrogen-bond acceptors (Lipinski definition) is 2. The van der Waals surface area contributed by atoms with Crippen LogP contribution in [-0.2, 0) is 0 Å². The summed E-state index contributed by atoms with van der Waals surface area (Å²) in [4.78, 5) is 0. The Morgan fingerprint density at radius 2 is 1.68 bits per heavy atom. The molecule has 0 aliphatic heterocycles. The van der Waals surface area contributed by atoms with E-state index < -0.39 is 18.7 Å². The molecule has 22 heavy (non-hydrogen) atoms. The van der Waals surface area contributed by atoms with Crippen LogP contribution in [0.2, 0.25) is 0 Å². The van der Waals surface area contributed by atoms with E-state index >= 15 is 0 Å². The van der Waals surface area contributed by atoms with Gasteiger partial charge in [0.25, 0.3) is 0 Å². The molecule has 0 heterocycles. The zero-order valence-corrected chi connectivity index (χ0v) is 12.9. The van der Waals surface area contributed by atoms with E-state index in [0.717, 1.165) is 24.3 Å². The third-order valence-corrected chi connectivity index (χ3v) is 4.62.